The Morgan fingerprint density at radius 1 is 1.26 bits per heavy atom. The Labute approximate surface area is 208 Å². The number of aromatic nitrogens is 2. The van der Waals surface area contributed by atoms with E-state index in [-0.39, 0.29) is 29.3 Å². The van der Waals surface area contributed by atoms with Crippen molar-refractivity contribution in [1.82, 2.24) is 19.8 Å². The summed E-state index contributed by atoms with van der Waals surface area (Å²) >= 11 is 1.45. The zero-order valence-corrected chi connectivity index (χ0v) is 20.9. The second-order valence-corrected chi connectivity index (χ2v) is 9.73. The molecule has 1 aliphatic rings. The number of aryl methyl sites for hydroxylation is 1. The number of hydrogen-bond donors (Lipinski definition) is 1. The number of nitrogens with zero attached hydrogens (tertiary/aromatic N) is 3. The first kappa shape index (κ1) is 25.2. The normalized spacial score (nSPS) is 15.2. The van der Waals surface area contributed by atoms with Crippen LogP contribution in [-0.4, -0.2) is 53.2 Å². The molecule has 9 heteroatoms. The summed E-state index contributed by atoms with van der Waals surface area (Å²) < 4.78 is 21.4. The van der Waals surface area contributed by atoms with E-state index in [4.69, 9.17) is 4.74 Å². The van der Waals surface area contributed by atoms with Crippen molar-refractivity contribution in [3.63, 3.8) is 0 Å². The molecule has 0 radical (unpaired) electrons. The van der Waals surface area contributed by atoms with Crippen LogP contribution in [0.5, 0.6) is 0 Å². The second-order valence-electron chi connectivity index (χ2n) is 8.80. The molecular formula is C26H31FN4O3S. The average molecular weight is 499 g/mol. The zero-order valence-electron chi connectivity index (χ0n) is 20.1. The number of pyridine rings is 1. The molecule has 0 spiro atoms. The van der Waals surface area contributed by atoms with E-state index >= 15 is 0 Å². The van der Waals surface area contributed by atoms with Gasteiger partial charge in [-0.3, -0.25) is 14.5 Å². The minimum Gasteiger partial charge on any atom is -0.379 e. The third kappa shape index (κ3) is 6.42. The Hall–Kier alpha value is -2.88. The third-order valence-corrected chi connectivity index (χ3v) is 7.20. The summed E-state index contributed by atoms with van der Waals surface area (Å²) in [5.74, 6) is -0.786. The van der Waals surface area contributed by atoms with Gasteiger partial charge in [-0.2, -0.15) is 0 Å². The van der Waals surface area contributed by atoms with E-state index < -0.39 is 5.91 Å². The first-order chi connectivity index (χ1) is 16.9. The number of morpholine rings is 1. The monoisotopic (exact) mass is 498 g/mol. The fourth-order valence-corrected chi connectivity index (χ4v) is 5.11. The molecule has 0 saturated carbocycles. The maximum Gasteiger partial charge on any atom is 0.257 e. The van der Waals surface area contributed by atoms with E-state index in [0.29, 0.717) is 17.8 Å². The number of thiazole rings is 1. The molecular weight excluding hydrogens is 467 g/mol. The minimum absolute atomic E-state index is 0.106. The predicted octanol–water partition coefficient (Wildman–Crippen LogP) is 3.56. The fraction of sp³-hybridized carbons (Fsp3) is 0.423. The summed E-state index contributed by atoms with van der Waals surface area (Å²) in [6.45, 7) is 8.56. The van der Waals surface area contributed by atoms with Crippen LogP contribution in [0.4, 0.5) is 4.39 Å². The lowest BCUT2D eigenvalue weighted by atomic mass is 10.0. The summed E-state index contributed by atoms with van der Waals surface area (Å²) in [5, 5.41) is 5.55. The first-order valence-electron chi connectivity index (χ1n) is 11.9. The SMILES string of the molecule is Cc1cc(=O)c(C(=O)NC(C)c2nccs2)c(Cc2cccc(F)c2)n1CCCN1CCOCC1. The number of carbonyl (C=O) groups is 1. The highest BCUT2D eigenvalue weighted by Crippen LogP contribution is 2.19. The van der Waals surface area contributed by atoms with E-state index in [1.54, 1.807) is 12.3 Å². The van der Waals surface area contributed by atoms with Crippen molar-refractivity contribution in [3.8, 4) is 0 Å². The Balaban J connectivity index is 1.65. The third-order valence-electron chi connectivity index (χ3n) is 6.24. The highest BCUT2D eigenvalue weighted by molar-refractivity contribution is 7.09. The number of carbonyl (C=O) groups excluding carboxylic acids is 1. The van der Waals surface area contributed by atoms with Crippen LogP contribution >= 0.6 is 11.3 Å². The van der Waals surface area contributed by atoms with Gasteiger partial charge in [0.15, 0.2) is 5.43 Å². The van der Waals surface area contributed by atoms with Gasteiger partial charge in [-0.15, -0.1) is 11.3 Å². The van der Waals surface area contributed by atoms with Gasteiger partial charge in [-0.05, 0) is 38.0 Å². The van der Waals surface area contributed by atoms with Crippen LogP contribution in [0.25, 0.3) is 0 Å². The molecule has 186 valence electrons. The molecule has 1 unspecified atom stereocenters. The van der Waals surface area contributed by atoms with Crippen molar-refractivity contribution in [3.05, 3.63) is 85.5 Å². The number of amides is 1. The van der Waals surface area contributed by atoms with Crippen LogP contribution in [0, 0.1) is 12.7 Å². The lowest BCUT2D eigenvalue weighted by Gasteiger charge is -2.27. The topological polar surface area (TPSA) is 76.5 Å². The molecule has 3 aromatic rings. The average Bonchev–Trinajstić information content (AvgIpc) is 3.37. The standard InChI is InChI=1S/C26H31FN4O3S/c1-18-15-23(32)24(25(33)29-19(2)26-28-7-14-35-26)22(17-20-5-3-6-21(27)16-20)31(18)9-4-8-30-10-12-34-13-11-30/h3,5-7,14-16,19H,4,8-13,17H2,1-2H3,(H,29,33). The van der Waals surface area contributed by atoms with E-state index in [0.717, 1.165) is 50.0 Å². The highest BCUT2D eigenvalue weighted by Gasteiger charge is 2.23. The van der Waals surface area contributed by atoms with Crippen molar-refractivity contribution >= 4 is 17.2 Å². The second kappa shape index (κ2) is 11.7. The van der Waals surface area contributed by atoms with Gasteiger partial charge >= 0.3 is 0 Å². The zero-order chi connectivity index (χ0) is 24.8. The van der Waals surface area contributed by atoms with Crippen molar-refractivity contribution in [2.24, 2.45) is 0 Å². The fourth-order valence-electron chi connectivity index (χ4n) is 4.46. The molecule has 0 bridgehead atoms. The molecule has 4 rings (SSSR count). The van der Waals surface area contributed by atoms with Crippen LogP contribution in [0.1, 0.15) is 51.7 Å². The van der Waals surface area contributed by atoms with Gasteiger partial charge in [-0.25, -0.2) is 9.37 Å². The smallest absolute Gasteiger partial charge is 0.257 e. The van der Waals surface area contributed by atoms with Gasteiger partial charge in [0.1, 0.15) is 16.4 Å². The number of benzene rings is 1. The van der Waals surface area contributed by atoms with Crippen molar-refractivity contribution in [2.75, 3.05) is 32.8 Å². The predicted molar refractivity (Wildman–Crippen MR) is 135 cm³/mol. The van der Waals surface area contributed by atoms with Crippen LogP contribution in [0.15, 0.2) is 46.7 Å². The van der Waals surface area contributed by atoms with E-state index in [2.05, 4.69) is 15.2 Å². The Kier molecular flexibility index (Phi) is 8.43. The summed E-state index contributed by atoms with van der Waals surface area (Å²) in [4.78, 5) is 33.1. The Bertz CT molecular complexity index is 1210. The number of nitrogens with one attached hydrogen (secondary N) is 1. The van der Waals surface area contributed by atoms with Gasteiger partial charge in [0.05, 0.1) is 19.3 Å². The largest absolute Gasteiger partial charge is 0.379 e. The summed E-state index contributed by atoms with van der Waals surface area (Å²) in [6.07, 6.45) is 2.82. The molecule has 1 atom stereocenters. The lowest BCUT2D eigenvalue weighted by Crippen LogP contribution is -2.37. The molecule has 0 aliphatic carbocycles. The first-order valence-corrected chi connectivity index (χ1v) is 12.8. The van der Waals surface area contributed by atoms with E-state index in [1.807, 2.05) is 29.9 Å². The van der Waals surface area contributed by atoms with Crippen LogP contribution in [-0.2, 0) is 17.7 Å². The Morgan fingerprint density at radius 3 is 2.77 bits per heavy atom. The molecule has 2 aromatic heterocycles. The van der Waals surface area contributed by atoms with Gasteiger partial charge in [0, 0.05) is 61.6 Å². The van der Waals surface area contributed by atoms with E-state index in [1.165, 1.54) is 29.5 Å². The molecule has 1 saturated heterocycles. The minimum atomic E-state index is -0.439. The number of rotatable bonds is 9. The summed E-state index contributed by atoms with van der Waals surface area (Å²) in [5.41, 5.74) is 1.87. The molecule has 3 heterocycles. The molecule has 1 amide bonds. The molecule has 7 nitrogen and oxygen atoms in total. The van der Waals surface area contributed by atoms with Crippen molar-refractivity contribution in [1.29, 1.82) is 0 Å². The summed E-state index contributed by atoms with van der Waals surface area (Å²) in [6, 6.07) is 7.48. The highest BCUT2D eigenvalue weighted by atomic mass is 32.1. The molecule has 1 aliphatic heterocycles. The van der Waals surface area contributed by atoms with Gasteiger partial charge in [-0.1, -0.05) is 12.1 Å². The quantitative estimate of drug-likeness (QED) is 0.488. The number of hydrogen-bond acceptors (Lipinski definition) is 6. The van der Waals surface area contributed by atoms with Crippen molar-refractivity contribution in [2.45, 2.75) is 39.3 Å². The van der Waals surface area contributed by atoms with Crippen LogP contribution < -0.4 is 10.7 Å². The maximum absolute atomic E-state index is 14.0. The van der Waals surface area contributed by atoms with Crippen LogP contribution in [0.3, 0.4) is 0 Å². The van der Waals surface area contributed by atoms with Crippen molar-refractivity contribution < 1.29 is 13.9 Å². The number of halogens is 1. The van der Waals surface area contributed by atoms with Gasteiger partial charge in [0.2, 0.25) is 0 Å². The van der Waals surface area contributed by atoms with Crippen LogP contribution in [0.2, 0.25) is 0 Å². The molecule has 1 N–H and O–H groups in total. The van der Waals surface area contributed by atoms with Gasteiger partial charge in [0.25, 0.3) is 5.91 Å². The van der Waals surface area contributed by atoms with Gasteiger partial charge < -0.3 is 14.6 Å². The maximum atomic E-state index is 14.0. The summed E-state index contributed by atoms with van der Waals surface area (Å²) in [7, 11) is 0. The van der Waals surface area contributed by atoms with E-state index in [9.17, 15) is 14.0 Å². The number of ether oxygens (including phenoxy) is 1. The Morgan fingerprint density at radius 2 is 2.06 bits per heavy atom. The molecule has 1 fully saturated rings. The molecule has 35 heavy (non-hydrogen) atoms. The molecule has 1 aromatic carbocycles. The lowest BCUT2D eigenvalue weighted by molar-refractivity contribution is 0.0369.